The Morgan fingerprint density at radius 2 is 1.89 bits per heavy atom. The summed E-state index contributed by atoms with van der Waals surface area (Å²) in [7, 11) is 4.58. The SMILES string of the molecule is CC.CCn1cnc2ccc(OCCCP(=O)(OC)OCC[N+](C)(C)C)cc21. The molecule has 1 heterocycles. The van der Waals surface area contributed by atoms with E-state index in [1.807, 2.05) is 38.4 Å². The van der Waals surface area contributed by atoms with Crippen LogP contribution >= 0.6 is 7.60 Å². The molecule has 0 aliphatic rings. The van der Waals surface area contributed by atoms with E-state index in [1.165, 1.54) is 7.11 Å². The second-order valence-corrected chi connectivity index (χ2v) is 9.54. The Labute approximate surface area is 169 Å². The summed E-state index contributed by atoms with van der Waals surface area (Å²) in [5.74, 6) is 0.783. The van der Waals surface area contributed by atoms with Crippen molar-refractivity contribution in [3.05, 3.63) is 24.5 Å². The molecule has 0 fully saturated rings. The van der Waals surface area contributed by atoms with E-state index in [2.05, 4.69) is 37.6 Å². The van der Waals surface area contributed by atoms with Crippen molar-refractivity contribution in [2.75, 3.05) is 54.2 Å². The molecule has 0 aliphatic carbocycles. The van der Waals surface area contributed by atoms with Gasteiger partial charge in [-0.1, -0.05) is 13.8 Å². The summed E-state index contributed by atoms with van der Waals surface area (Å²) in [5, 5.41) is 0. The van der Waals surface area contributed by atoms with Gasteiger partial charge in [-0.05, 0) is 25.5 Å². The first-order valence-corrected chi connectivity index (χ1v) is 11.7. The van der Waals surface area contributed by atoms with Crippen molar-refractivity contribution in [3.63, 3.8) is 0 Å². The molecular formula is C20H37N3O4P+. The maximum absolute atomic E-state index is 12.6. The van der Waals surface area contributed by atoms with Crippen LogP contribution < -0.4 is 4.74 Å². The van der Waals surface area contributed by atoms with Gasteiger partial charge in [-0.3, -0.25) is 4.57 Å². The summed E-state index contributed by atoms with van der Waals surface area (Å²) in [6.45, 7) is 8.58. The number of imidazole rings is 1. The molecule has 0 aliphatic heterocycles. The highest BCUT2D eigenvalue weighted by Gasteiger charge is 2.23. The molecule has 0 radical (unpaired) electrons. The fraction of sp³-hybridized carbons (Fsp3) is 0.650. The van der Waals surface area contributed by atoms with Gasteiger partial charge in [0.1, 0.15) is 18.9 Å². The number of benzene rings is 1. The third kappa shape index (κ3) is 7.92. The first-order chi connectivity index (χ1) is 13.3. The largest absolute Gasteiger partial charge is 0.493 e. The molecule has 0 amide bonds. The fourth-order valence-electron chi connectivity index (χ4n) is 2.49. The Bertz CT molecular complexity index is 755. The Kier molecular flexibility index (Phi) is 10.2. The summed E-state index contributed by atoms with van der Waals surface area (Å²) < 4.78 is 31.9. The molecule has 1 aromatic heterocycles. The van der Waals surface area contributed by atoms with Gasteiger partial charge < -0.3 is 22.8 Å². The molecule has 0 N–H and O–H groups in total. The zero-order valence-electron chi connectivity index (χ0n) is 18.5. The highest BCUT2D eigenvalue weighted by atomic mass is 31.2. The minimum atomic E-state index is -3.05. The highest BCUT2D eigenvalue weighted by molar-refractivity contribution is 7.53. The van der Waals surface area contributed by atoms with E-state index in [0.29, 0.717) is 25.8 Å². The second-order valence-electron chi connectivity index (χ2n) is 7.25. The van der Waals surface area contributed by atoms with E-state index in [9.17, 15) is 4.57 Å². The average Bonchev–Trinajstić information content (AvgIpc) is 3.08. The number of likely N-dealkylation sites (N-methyl/N-ethyl adjacent to an activating group) is 1. The molecule has 7 nitrogen and oxygen atoms in total. The molecule has 0 saturated carbocycles. The number of ether oxygens (including phenoxy) is 1. The standard InChI is InChI=1S/C18H31N3O4P.C2H6/c1-6-20-15-19-17-9-8-16(14-18(17)20)24-11-7-13-26(22,23-5)25-12-10-21(2,3)4;1-2/h8-9,14-15H,6-7,10-13H2,1-5H3;1-2H3/q+1;. The van der Waals surface area contributed by atoms with Crippen molar-refractivity contribution in [1.29, 1.82) is 0 Å². The summed E-state index contributed by atoms with van der Waals surface area (Å²) in [4.78, 5) is 4.35. The van der Waals surface area contributed by atoms with Gasteiger partial charge in [0.05, 0.1) is 51.3 Å². The van der Waals surface area contributed by atoms with E-state index in [1.54, 1.807) is 0 Å². The number of aromatic nitrogens is 2. The topological polar surface area (TPSA) is 62.6 Å². The van der Waals surface area contributed by atoms with E-state index in [0.717, 1.165) is 34.4 Å². The number of aryl methyl sites for hydroxylation is 1. The molecule has 28 heavy (non-hydrogen) atoms. The van der Waals surface area contributed by atoms with Crippen molar-refractivity contribution >= 4 is 18.6 Å². The van der Waals surface area contributed by atoms with Crippen molar-refractivity contribution < 1.29 is 22.8 Å². The lowest BCUT2D eigenvalue weighted by Gasteiger charge is -2.25. The molecule has 1 atom stereocenters. The first-order valence-electron chi connectivity index (χ1n) is 9.94. The average molecular weight is 415 g/mol. The normalized spacial score (nSPS) is 13.7. The van der Waals surface area contributed by atoms with Crippen LogP contribution in [-0.2, 0) is 20.2 Å². The minimum absolute atomic E-state index is 0.343. The summed E-state index contributed by atoms with van der Waals surface area (Å²) in [6, 6.07) is 5.84. The fourth-order valence-corrected chi connectivity index (χ4v) is 3.78. The number of quaternary nitrogens is 1. The van der Waals surface area contributed by atoms with Crippen LogP contribution in [-0.4, -0.2) is 68.2 Å². The lowest BCUT2D eigenvalue weighted by Crippen LogP contribution is -2.37. The Morgan fingerprint density at radius 3 is 2.50 bits per heavy atom. The lowest BCUT2D eigenvalue weighted by molar-refractivity contribution is -0.870. The number of hydrogen-bond donors (Lipinski definition) is 0. The zero-order chi connectivity index (χ0) is 21.2. The molecule has 8 heteroatoms. The first kappa shape index (κ1) is 24.6. The van der Waals surface area contributed by atoms with Gasteiger partial charge in [0, 0.05) is 19.7 Å². The number of fused-ring (bicyclic) bond motifs is 1. The molecule has 160 valence electrons. The predicted molar refractivity (Wildman–Crippen MR) is 115 cm³/mol. The van der Waals surface area contributed by atoms with Crippen molar-refractivity contribution in [2.24, 2.45) is 0 Å². The van der Waals surface area contributed by atoms with E-state index in [-0.39, 0.29) is 0 Å². The third-order valence-corrected chi connectivity index (χ3v) is 6.10. The van der Waals surface area contributed by atoms with Crippen molar-refractivity contribution in [3.8, 4) is 5.75 Å². The quantitative estimate of drug-likeness (QED) is 0.310. The molecule has 0 saturated heterocycles. The second kappa shape index (κ2) is 11.6. The van der Waals surface area contributed by atoms with Gasteiger partial charge in [0.25, 0.3) is 0 Å². The van der Waals surface area contributed by atoms with E-state index < -0.39 is 7.60 Å². The van der Waals surface area contributed by atoms with Crippen LogP contribution in [0.5, 0.6) is 5.75 Å². The highest BCUT2D eigenvalue weighted by Crippen LogP contribution is 2.47. The molecule has 1 aromatic carbocycles. The smallest absolute Gasteiger partial charge is 0.330 e. The maximum Gasteiger partial charge on any atom is 0.330 e. The molecule has 2 rings (SSSR count). The molecule has 0 bridgehead atoms. The molecular weight excluding hydrogens is 377 g/mol. The van der Waals surface area contributed by atoms with Gasteiger partial charge in [-0.25, -0.2) is 4.98 Å². The van der Waals surface area contributed by atoms with Gasteiger partial charge >= 0.3 is 7.60 Å². The monoisotopic (exact) mass is 414 g/mol. The van der Waals surface area contributed by atoms with Crippen LogP contribution in [0.15, 0.2) is 24.5 Å². The number of hydrogen-bond acceptors (Lipinski definition) is 5. The van der Waals surface area contributed by atoms with Crippen LogP contribution in [0.2, 0.25) is 0 Å². The van der Waals surface area contributed by atoms with E-state index in [4.69, 9.17) is 13.8 Å². The summed E-state index contributed by atoms with van der Waals surface area (Å²) >= 11 is 0. The number of rotatable bonds is 11. The summed E-state index contributed by atoms with van der Waals surface area (Å²) in [5.41, 5.74) is 2.00. The lowest BCUT2D eigenvalue weighted by atomic mass is 10.3. The van der Waals surface area contributed by atoms with Crippen LogP contribution in [0, 0.1) is 0 Å². The maximum atomic E-state index is 12.6. The minimum Gasteiger partial charge on any atom is -0.493 e. The van der Waals surface area contributed by atoms with E-state index >= 15 is 0 Å². The van der Waals surface area contributed by atoms with Crippen molar-refractivity contribution in [2.45, 2.75) is 33.7 Å². The van der Waals surface area contributed by atoms with Gasteiger partial charge in [0.2, 0.25) is 0 Å². The van der Waals surface area contributed by atoms with Gasteiger partial charge in [0.15, 0.2) is 0 Å². The van der Waals surface area contributed by atoms with Gasteiger partial charge in [-0.15, -0.1) is 0 Å². The zero-order valence-corrected chi connectivity index (χ0v) is 19.4. The molecule has 1 unspecified atom stereocenters. The van der Waals surface area contributed by atoms with Crippen molar-refractivity contribution in [1.82, 2.24) is 9.55 Å². The van der Waals surface area contributed by atoms with Crippen LogP contribution in [0.25, 0.3) is 11.0 Å². The Hall–Kier alpha value is -1.40. The summed E-state index contributed by atoms with van der Waals surface area (Å²) in [6.07, 6.45) is 2.77. The third-order valence-electron chi connectivity index (χ3n) is 4.11. The predicted octanol–water partition coefficient (Wildman–Crippen LogP) is 4.41. The van der Waals surface area contributed by atoms with Crippen LogP contribution in [0.3, 0.4) is 0 Å². The van der Waals surface area contributed by atoms with Gasteiger partial charge in [-0.2, -0.15) is 0 Å². The Balaban J connectivity index is 0.00000190. The molecule has 0 spiro atoms. The van der Waals surface area contributed by atoms with Crippen LogP contribution in [0.4, 0.5) is 0 Å². The van der Waals surface area contributed by atoms with Crippen LogP contribution in [0.1, 0.15) is 27.2 Å². The number of nitrogens with zero attached hydrogens (tertiary/aromatic N) is 3. The Morgan fingerprint density at radius 1 is 1.18 bits per heavy atom. The molecule has 2 aromatic rings.